The smallest absolute Gasteiger partial charge is 0.303 e. The fourth-order valence-electron chi connectivity index (χ4n) is 1.86. The SMILES string of the molecule is Cc1cccc(CC(CCC(=O)O)[N+](=O)[O-])c1C. The van der Waals surface area contributed by atoms with E-state index in [0.29, 0.717) is 0 Å². The normalized spacial score (nSPS) is 12.1. The first-order valence-electron chi connectivity index (χ1n) is 5.82. The standard InChI is InChI=1S/C13H17NO4/c1-9-4-3-5-11(10(9)2)8-12(14(17)18)6-7-13(15)16/h3-5,12H,6-8H2,1-2H3,(H,15,16). The highest BCUT2D eigenvalue weighted by atomic mass is 16.6. The van der Waals surface area contributed by atoms with Crippen molar-refractivity contribution in [2.45, 2.75) is 39.2 Å². The van der Waals surface area contributed by atoms with Crippen molar-refractivity contribution in [1.82, 2.24) is 0 Å². The molecule has 0 aliphatic heterocycles. The van der Waals surface area contributed by atoms with Gasteiger partial charge in [0.25, 0.3) is 0 Å². The molecule has 0 aromatic heterocycles. The molecule has 0 bridgehead atoms. The minimum Gasteiger partial charge on any atom is -0.481 e. The lowest BCUT2D eigenvalue weighted by Crippen LogP contribution is -2.23. The number of aryl methyl sites for hydroxylation is 1. The lowest BCUT2D eigenvalue weighted by Gasteiger charge is -2.12. The van der Waals surface area contributed by atoms with Crippen molar-refractivity contribution in [3.05, 3.63) is 45.0 Å². The summed E-state index contributed by atoms with van der Waals surface area (Å²) in [4.78, 5) is 21.0. The van der Waals surface area contributed by atoms with Crippen LogP contribution in [0.4, 0.5) is 0 Å². The number of rotatable bonds is 6. The maximum absolute atomic E-state index is 10.9. The molecule has 0 saturated carbocycles. The molecule has 0 amide bonds. The third kappa shape index (κ3) is 3.84. The Labute approximate surface area is 106 Å². The van der Waals surface area contributed by atoms with E-state index in [1.165, 1.54) is 0 Å². The summed E-state index contributed by atoms with van der Waals surface area (Å²) in [6.07, 6.45) is 0.181. The largest absolute Gasteiger partial charge is 0.481 e. The van der Waals surface area contributed by atoms with Crippen LogP contribution in [0.15, 0.2) is 18.2 Å². The second-order valence-electron chi connectivity index (χ2n) is 4.43. The van der Waals surface area contributed by atoms with Crippen molar-refractivity contribution < 1.29 is 14.8 Å². The van der Waals surface area contributed by atoms with E-state index in [-0.39, 0.29) is 24.2 Å². The number of carbonyl (C=O) groups is 1. The van der Waals surface area contributed by atoms with Gasteiger partial charge in [-0.05, 0) is 30.5 Å². The highest BCUT2D eigenvalue weighted by molar-refractivity contribution is 5.66. The van der Waals surface area contributed by atoms with Crippen LogP contribution in [0.25, 0.3) is 0 Å². The Morgan fingerprint density at radius 2 is 2.11 bits per heavy atom. The van der Waals surface area contributed by atoms with Gasteiger partial charge in [-0.15, -0.1) is 0 Å². The number of carboxylic acid groups (broad SMARTS) is 1. The Balaban J connectivity index is 2.80. The second-order valence-corrected chi connectivity index (χ2v) is 4.43. The third-order valence-electron chi connectivity index (χ3n) is 3.16. The van der Waals surface area contributed by atoms with E-state index in [2.05, 4.69) is 0 Å². The van der Waals surface area contributed by atoms with Gasteiger partial charge in [-0.3, -0.25) is 14.9 Å². The van der Waals surface area contributed by atoms with Crippen LogP contribution in [0.1, 0.15) is 29.5 Å². The molecule has 0 spiro atoms. The van der Waals surface area contributed by atoms with Gasteiger partial charge in [0.05, 0.1) is 6.42 Å². The average molecular weight is 251 g/mol. The van der Waals surface area contributed by atoms with Gasteiger partial charge in [-0.2, -0.15) is 0 Å². The molecule has 5 nitrogen and oxygen atoms in total. The van der Waals surface area contributed by atoms with E-state index >= 15 is 0 Å². The van der Waals surface area contributed by atoms with E-state index in [0.717, 1.165) is 16.7 Å². The molecule has 18 heavy (non-hydrogen) atoms. The Hall–Kier alpha value is -1.91. The van der Waals surface area contributed by atoms with Gasteiger partial charge in [-0.1, -0.05) is 18.2 Å². The highest BCUT2D eigenvalue weighted by Crippen LogP contribution is 2.17. The van der Waals surface area contributed by atoms with Crippen molar-refractivity contribution in [1.29, 1.82) is 0 Å². The fraction of sp³-hybridized carbons (Fsp3) is 0.462. The van der Waals surface area contributed by atoms with E-state index < -0.39 is 12.0 Å². The van der Waals surface area contributed by atoms with Gasteiger partial charge in [-0.25, -0.2) is 0 Å². The summed E-state index contributed by atoms with van der Waals surface area (Å²) >= 11 is 0. The lowest BCUT2D eigenvalue weighted by atomic mass is 9.96. The maximum atomic E-state index is 10.9. The molecule has 1 atom stereocenters. The fourth-order valence-corrected chi connectivity index (χ4v) is 1.86. The molecule has 98 valence electrons. The van der Waals surface area contributed by atoms with E-state index in [1.807, 2.05) is 32.0 Å². The molecule has 0 radical (unpaired) electrons. The Kier molecular flexibility index (Phi) is 4.83. The van der Waals surface area contributed by atoms with Crippen LogP contribution >= 0.6 is 0 Å². The molecule has 5 heteroatoms. The molecule has 1 rings (SSSR count). The Bertz CT molecular complexity index is 456. The molecular formula is C13H17NO4. The number of aliphatic carboxylic acids is 1. The van der Waals surface area contributed by atoms with Crippen molar-refractivity contribution in [3.63, 3.8) is 0 Å². The molecule has 0 aliphatic rings. The zero-order chi connectivity index (χ0) is 13.7. The molecule has 0 fully saturated rings. The van der Waals surface area contributed by atoms with Gasteiger partial charge >= 0.3 is 5.97 Å². The molecule has 1 aromatic rings. The summed E-state index contributed by atoms with van der Waals surface area (Å²) in [5, 5.41) is 19.5. The first kappa shape index (κ1) is 14.2. The molecule has 1 N–H and O–H groups in total. The summed E-state index contributed by atoms with van der Waals surface area (Å²) < 4.78 is 0. The Morgan fingerprint density at radius 1 is 1.44 bits per heavy atom. The third-order valence-corrected chi connectivity index (χ3v) is 3.16. The van der Waals surface area contributed by atoms with Gasteiger partial charge in [0, 0.05) is 17.8 Å². The summed E-state index contributed by atoms with van der Waals surface area (Å²) in [5.41, 5.74) is 3.05. The van der Waals surface area contributed by atoms with Crippen LogP contribution in [-0.2, 0) is 11.2 Å². The summed E-state index contributed by atoms with van der Waals surface area (Å²) in [6, 6.07) is 4.85. The summed E-state index contributed by atoms with van der Waals surface area (Å²) in [7, 11) is 0. The summed E-state index contributed by atoms with van der Waals surface area (Å²) in [5.74, 6) is -0.997. The maximum Gasteiger partial charge on any atom is 0.303 e. The zero-order valence-corrected chi connectivity index (χ0v) is 10.5. The number of carboxylic acids is 1. The predicted octanol–water partition coefficient (Wildman–Crippen LogP) is 2.36. The van der Waals surface area contributed by atoms with Crippen LogP contribution in [0, 0.1) is 24.0 Å². The number of nitro groups is 1. The number of nitrogens with zero attached hydrogens (tertiary/aromatic N) is 1. The first-order chi connectivity index (χ1) is 8.41. The van der Waals surface area contributed by atoms with Crippen LogP contribution in [0.2, 0.25) is 0 Å². The number of benzene rings is 1. The first-order valence-corrected chi connectivity index (χ1v) is 5.82. The lowest BCUT2D eigenvalue weighted by molar-refractivity contribution is -0.522. The molecule has 1 unspecified atom stereocenters. The van der Waals surface area contributed by atoms with E-state index in [4.69, 9.17) is 5.11 Å². The zero-order valence-electron chi connectivity index (χ0n) is 10.5. The van der Waals surface area contributed by atoms with Gasteiger partial charge < -0.3 is 5.11 Å². The minimum atomic E-state index is -0.997. The van der Waals surface area contributed by atoms with Crippen LogP contribution in [0.3, 0.4) is 0 Å². The molecule has 0 heterocycles. The predicted molar refractivity (Wildman–Crippen MR) is 67.3 cm³/mol. The minimum absolute atomic E-state index is 0.0652. The molecule has 0 aliphatic carbocycles. The topological polar surface area (TPSA) is 80.4 Å². The van der Waals surface area contributed by atoms with Crippen LogP contribution < -0.4 is 0 Å². The average Bonchev–Trinajstić information content (AvgIpc) is 2.29. The Morgan fingerprint density at radius 3 is 2.67 bits per heavy atom. The van der Waals surface area contributed by atoms with E-state index in [1.54, 1.807) is 0 Å². The van der Waals surface area contributed by atoms with Crippen LogP contribution in [-0.4, -0.2) is 22.0 Å². The van der Waals surface area contributed by atoms with Gasteiger partial charge in [0.2, 0.25) is 6.04 Å². The van der Waals surface area contributed by atoms with Crippen molar-refractivity contribution in [2.75, 3.05) is 0 Å². The molecule has 1 aromatic carbocycles. The summed E-state index contributed by atoms with van der Waals surface area (Å²) in [6.45, 7) is 3.89. The highest BCUT2D eigenvalue weighted by Gasteiger charge is 2.22. The number of hydrogen-bond acceptors (Lipinski definition) is 3. The second kappa shape index (κ2) is 6.14. The van der Waals surface area contributed by atoms with Crippen molar-refractivity contribution >= 4 is 5.97 Å². The monoisotopic (exact) mass is 251 g/mol. The van der Waals surface area contributed by atoms with Crippen molar-refractivity contribution in [3.8, 4) is 0 Å². The number of hydrogen-bond donors (Lipinski definition) is 1. The molecular weight excluding hydrogens is 234 g/mol. The van der Waals surface area contributed by atoms with Crippen molar-refractivity contribution in [2.24, 2.45) is 0 Å². The van der Waals surface area contributed by atoms with Gasteiger partial charge in [0.15, 0.2) is 0 Å². The van der Waals surface area contributed by atoms with E-state index in [9.17, 15) is 14.9 Å². The molecule has 0 saturated heterocycles. The van der Waals surface area contributed by atoms with Crippen LogP contribution in [0.5, 0.6) is 0 Å². The van der Waals surface area contributed by atoms with Gasteiger partial charge in [0.1, 0.15) is 0 Å². The quantitative estimate of drug-likeness (QED) is 0.621.